The fourth-order valence-corrected chi connectivity index (χ4v) is 5.36. The number of rotatable bonds is 3. The Hall–Kier alpha value is -1.25. The summed E-state index contributed by atoms with van der Waals surface area (Å²) in [5.74, 6) is 3.67. The van der Waals surface area contributed by atoms with E-state index in [0.29, 0.717) is 11.2 Å². The maximum Gasteiger partial charge on any atom is 0.146 e. The predicted molar refractivity (Wildman–Crippen MR) is 77.7 cm³/mol. The van der Waals surface area contributed by atoms with E-state index in [0.717, 1.165) is 30.0 Å². The first-order valence-corrected chi connectivity index (χ1v) is 7.67. The molecule has 0 aromatic carbocycles. The lowest BCUT2D eigenvalue weighted by Gasteiger charge is -2.57. The van der Waals surface area contributed by atoms with Crippen molar-refractivity contribution in [2.24, 2.45) is 23.2 Å². The molecule has 1 aromatic rings. The van der Waals surface area contributed by atoms with Gasteiger partial charge < -0.3 is 11.1 Å². The zero-order valence-corrected chi connectivity index (χ0v) is 11.4. The van der Waals surface area contributed by atoms with Crippen LogP contribution in [0.3, 0.4) is 0 Å². The maximum atomic E-state index is 5.92. The topological polar surface area (TPSA) is 50.9 Å². The lowest BCUT2D eigenvalue weighted by molar-refractivity contribution is -0.0444. The molecule has 0 unspecified atom stereocenters. The second-order valence-electron chi connectivity index (χ2n) is 7.21. The molecule has 4 fully saturated rings. The molecule has 3 heteroatoms. The number of hydrogen-bond acceptors (Lipinski definition) is 3. The number of nitrogen functional groups attached to an aromatic ring is 1. The summed E-state index contributed by atoms with van der Waals surface area (Å²) in [6, 6.07) is 4.00. The Balaban J connectivity index is 1.49. The molecule has 19 heavy (non-hydrogen) atoms. The van der Waals surface area contributed by atoms with Gasteiger partial charge in [0.2, 0.25) is 0 Å². The molecule has 3 nitrogen and oxygen atoms in total. The molecule has 0 atom stereocenters. The van der Waals surface area contributed by atoms with E-state index < -0.39 is 0 Å². The minimum absolute atomic E-state index is 0.553. The number of nitrogens with two attached hydrogens (primary N) is 1. The van der Waals surface area contributed by atoms with E-state index in [1.807, 2.05) is 12.1 Å². The smallest absolute Gasteiger partial charge is 0.146 e. The van der Waals surface area contributed by atoms with Crippen molar-refractivity contribution in [2.75, 3.05) is 17.6 Å². The van der Waals surface area contributed by atoms with Gasteiger partial charge in [-0.05, 0) is 73.8 Å². The summed E-state index contributed by atoms with van der Waals surface area (Å²) < 4.78 is 0. The average molecular weight is 257 g/mol. The molecule has 4 saturated carbocycles. The summed E-state index contributed by atoms with van der Waals surface area (Å²) in [7, 11) is 0. The van der Waals surface area contributed by atoms with Gasteiger partial charge in [0.05, 0.1) is 5.69 Å². The molecule has 4 bridgehead atoms. The largest absolute Gasteiger partial charge is 0.382 e. The van der Waals surface area contributed by atoms with Gasteiger partial charge in [-0.1, -0.05) is 0 Å². The minimum atomic E-state index is 0.553. The number of nitrogens with zero attached hydrogens (tertiary/aromatic N) is 1. The first-order valence-electron chi connectivity index (χ1n) is 7.67. The molecule has 5 rings (SSSR count). The maximum absolute atomic E-state index is 5.92. The van der Waals surface area contributed by atoms with Crippen molar-refractivity contribution >= 4 is 11.5 Å². The van der Waals surface area contributed by atoms with Crippen LogP contribution >= 0.6 is 0 Å². The molecule has 1 aromatic heterocycles. The second kappa shape index (κ2) is 4.12. The second-order valence-corrected chi connectivity index (χ2v) is 7.21. The van der Waals surface area contributed by atoms with E-state index in [-0.39, 0.29) is 0 Å². The highest BCUT2D eigenvalue weighted by molar-refractivity contribution is 5.60. The first kappa shape index (κ1) is 11.6. The minimum Gasteiger partial charge on any atom is -0.382 e. The summed E-state index contributed by atoms with van der Waals surface area (Å²) in [6.45, 7) is 1.09. The normalized spacial score (nSPS) is 39.5. The van der Waals surface area contributed by atoms with E-state index >= 15 is 0 Å². The highest BCUT2D eigenvalue weighted by Gasteiger charge is 2.50. The van der Waals surface area contributed by atoms with Gasteiger partial charge in [-0.3, -0.25) is 0 Å². The van der Waals surface area contributed by atoms with E-state index in [4.69, 9.17) is 5.73 Å². The molecule has 0 amide bonds. The summed E-state index contributed by atoms with van der Waals surface area (Å²) in [5.41, 5.74) is 7.49. The molecule has 102 valence electrons. The van der Waals surface area contributed by atoms with E-state index in [1.165, 1.54) is 38.5 Å². The number of pyridine rings is 1. The van der Waals surface area contributed by atoms with Crippen molar-refractivity contribution in [1.82, 2.24) is 4.98 Å². The fraction of sp³-hybridized carbons (Fsp3) is 0.688. The molecule has 0 aliphatic heterocycles. The van der Waals surface area contributed by atoms with Gasteiger partial charge in [-0.25, -0.2) is 4.98 Å². The average Bonchev–Trinajstić information content (AvgIpc) is 2.36. The van der Waals surface area contributed by atoms with Crippen molar-refractivity contribution in [3.63, 3.8) is 0 Å². The Morgan fingerprint density at radius 2 is 1.79 bits per heavy atom. The monoisotopic (exact) mass is 257 g/mol. The summed E-state index contributed by atoms with van der Waals surface area (Å²) in [5, 5.41) is 3.58. The standard InChI is InChI=1S/C16H23N3/c17-15-14(2-1-3-18-15)19-10-16-7-11-4-12(8-16)6-13(5-11)9-16/h1-3,11-13,19H,4-10H2,(H2,17,18). The Labute approximate surface area is 115 Å². The van der Waals surface area contributed by atoms with Crippen molar-refractivity contribution < 1.29 is 0 Å². The molecule has 0 spiro atoms. The van der Waals surface area contributed by atoms with E-state index in [9.17, 15) is 0 Å². The van der Waals surface area contributed by atoms with Crippen LogP contribution in [0.15, 0.2) is 18.3 Å². The molecular formula is C16H23N3. The highest BCUT2D eigenvalue weighted by atomic mass is 15.0. The zero-order valence-electron chi connectivity index (χ0n) is 11.4. The van der Waals surface area contributed by atoms with Crippen molar-refractivity contribution in [2.45, 2.75) is 38.5 Å². The fourth-order valence-electron chi connectivity index (χ4n) is 5.36. The third kappa shape index (κ3) is 1.99. The number of nitrogens with one attached hydrogen (secondary N) is 1. The number of aromatic nitrogens is 1. The van der Waals surface area contributed by atoms with Crippen molar-refractivity contribution in [3.05, 3.63) is 18.3 Å². The van der Waals surface area contributed by atoms with Gasteiger partial charge in [-0.2, -0.15) is 0 Å². The van der Waals surface area contributed by atoms with E-state index in [2.05, 4.69) is 10.3 Å². The Morgan fingerprint density at radius 3 is 2.37 bits per heavy atom. The van der Waals surface area contributed by atoms with Crippen LogP contribution in [-0.2, 0) is 0 Å². The van der Waals surface area contributed by atoms with Crippen molar-refractivity contribution in [3.8, 4) is 0 Å². The third-order valence-electron chi connectivity index (χ3n) is 5.66. The summed E-state index contributed by atoms with van der Waals surface area (Å²) in [4.78, 5) is 4.16. The number of anilines is 2. The van der Waals surface area contributed by atoms with Crippen LogP contribution in [0.25, 0.3) is 0 Å². The van der Waals surface area contributed by atoms with Gasteiger partial charge in [-0.15, -0.1) is 0 Å². The molecule has 3 N–H and O–H groups in total. The molecule has 1 heterocycles. The lowest BCUT2D eigenvalue weighted by atomic mass is 9.49. The zero-order chi connectivity index (χ0) is 12.9. The molecule has 4 aliphatic rings. The quantitative estimate of drug-likeness (QED) is 0.873. The van der Waals surface area contributed by atoms with Crippen LogP contribution in [-0.4, -0.2) is 11.5 Å². The van der Waals surface area contributed by atoms with Crippen LogP contribution in [0.2, 0.25) is 0 Å². The summed E-state index contributed by atoms with van der Waals surface area (Å²) >= 11 is 0. The van der Waals surface area contributed by atoms with Crippen LogP contribution in [0.5, 0.6) is 0 Å². The van der Waals surface area contributed by atoms with Crippen LogP contribution in [0.1, 0.15) is 38.5 Å². The first-order chi connectivity index (χ1) is 9.22. The molecule has 0 saturated heterocycles. The van der Waals surface area contributed by atoms with Gasteiger partial charge in [0.15, 0.2) is 0 Å². The Morgan fingerprint density at radius 1 is 1.16 bits per heavy atom. The summed E-state index contributed by atoms with van der Waals surface area (Å²) in [6.07, 6.45) is 10.6. The van der Waals surface area contributed by atoms with Crippen LogP contribution in [0, 0.1) is 23.2 Å². The number of hydrogen-bond donors (Lipinski definition) is 2. The van der Waals surface area contributed by atoms with Crippen LogP contribution < -0.4 is 11.1 Å². The van der Waals surface area contributed by atoms with E-state index in [1.54, 1.807) is 6.20 Å². The Bertz CT molecular complexity index is 447. The highest BCUT2D eigenvalue weighted by Crippen LogP contribution is 2.59. The lowest BCUT2D eigenvalue weighted by Crippen LogP contribution is -2.49. The molecule has 0 radical (unpaired) electrons. The van der Waals surface area contributed by atoms with Gasteiger partial charge in [0.1, 0.15) is 5.82 Å². The van der Waals surface area contributed by atoms with Crippen molar-refractivity contribution in [1.29, 1.82) is 0 Å². The molecule has 4 aliphatic carbocycles. The van der Waals surface area contributed by atoms with Gasteiger partial charge in [0, 0.05) is 12.7 Å². The predicted octanol–water partition coefficient (Wildman–Crippen LogP) is 3.29. The Kier molecular flexibility index (Phi) is 2.51. The van der Waals surface area contributed by atoms with Crippen LogP contribution in [0.4, 0.5) is 11.5 Å². The third-order valence-corrected chi connectivity index (χ3v) is 5.66. The van der Waals surface area contributed by atoms with Gasteiger partial charge in [0.25, 0.3) is 0 Å². The SMILES string of the molecule is Nc1ncccc1NCC12CC3CC(CC(C3)C1)C2. The molecular weight excluding hydrogens is 234 g/mol. The van der Waals surface area contributed by atoms with Gasteiger partial charge >= 0.3 is 0 Å².